The minimum Gasteiger partial charge on any atom is 1.00 e. The van der Waals surface area contributed by atoms with Gasteiger partial charge in [-0.3, -0.25) is 0 Å². The molecule has 0 atom stereocenters. The minimum atomic E-state index is -3.29. The molecule has 0 aromatic carbocycles. The quantitative estimate of drug-likeness (QED) is 0.285. The third kappa shape index (κ3) is 58.8. The molecule has 0 spiro atoms. The molecule has 0 unspecified atom stereocenters. The molecule has 0 aromatic rings. The van der Waals surface area contributed by atoms with E-state index in [0.717, 1.165) is 0 Å². The molecule has 0 rings (SSSR count). The summed E-state index contributed by atoms with van der Waals surface area (Å²) in [5.74, 6) is 0. The largest absolute Gasteiger partial charge is 1.00 e. The first-order chi connectivity index (χ1) is 2.45. The van der Waals surface area contributed by atoms with Gasteiger partial charge in [-0.05, 0) is 0 Å². The summed E-state index contributed by atoms with van der Waals surface area (Å²) in [4.78, 5) is 0. The van der Waals surface area contributed by atoms with Crippen molar-refractivity contribution < 1.29 is 60.0 Å². The standard InChI is InChI=1S/6BrH.Ir.2Na/h6*1H;;;/q;;;;;;+4;2*+1/p-6. The third-order valence-corrected chi connectivity index (χ3v) is 0. The van der Waals surface area contributed by atoms with Crippen molar-refractivity contribution in [2.24, 2.45) is 0 Å². The van der Waals surface area contributed by atoms with Crippen molar-refractivity contribution >= 4 is 81.0 Å². The molecule has 0 radical (unpaired) electrons. The van der Waals surface area contributed by atoms with Gasteiger partial charge in [-0.2, -0.15) is 0 Å². The van der Waals surface area contributed by atoms with Gasteiger partial charge in [0.15, 0.2) is 0 Å². The molecule has 0 saturated heterocycles. The van der Waals surface area contributed by atoms with Crippen LogP contribution >= 0.6 is 81.0 Å². The van der Waals surface area contributed by atoms with Crippen LogP contribution in [0.5, 0.6) is 0 Å². The third-order valence-electron chi connectivity index (χ3n) is 0. The van der Waals surface area contributed by atoms with Gasteiger partial charge in [-0.25, -0.2) is 0 Å². The molecular weight excluding hydrogens is 718 g/mol. The van der Waals surface area contributed by atoms with Gasteiger partial charge < -0.3 is 0 Å². The normalized spacial score (nSPS) is 18.0. The second-order valence-corrected chi connectivity index (χ2v) is 158. The molecule has 53 valence electrons. The Morgan fingerprint density at radius 3 is 0.556 bits per heavy atom. The molecule has 0 N–H and O–H groups in total. The molecule has 0 heterocycles. The van der Waals surface area contributed by atoms with Gasteiger partial charge in [0.05, 0.1) is 0 Å². The maximum atomic E-state index is 3.35. The maximum Gasteiger partial charge on any atom is 1.00 e. The Kier molecular flexibility index (Phi) is 11.2. The first-order valence-electron chi connectivity index (χ1n) is 0.756. The van der Waals surface area contributed by atoms with Crippen LogP contribution in [0.4, 0.5) is 0 Å². The van der Waals surface area contributed by atoms with Crippen LogP contribution in [0.2, 0.25) is 0 Å². The summed E-state index contributed by atoms with van der Waals surface area (Å²) in [6.07, 6.45) is 0. The number of hydrogen-bond acceptors (Lipinski definition) is 0. The predicted molar refractivity (Wildman–Crippen MR) is 53.6 cm³/mol. The Morgan fingerprint density at radius 1 is 0.556 bits per heavy atom. The molecule has 0 nitrogen and oxygen atoms in total. The van der Waals surface area contributed by atoms with Crippen molar-refractivity contribution in [3.63, 3.8) is 0 Å². The van der Waals surface area contributed by atoms with Crippen LogP contribution in [0, 0.1) is 0 Å². The Bertz CT molecular complexity index is 69.6. The molecule has 9 heteroatoms. The number of hydrogen-bond donors (Lipinski definition) is 0. The molecule has 0 aliphatic carbocycles. The van der Waals surface area contributed by atoms with E-state index in [1.54, 1.807) is 0 Å². The van der Waals surface area contributed by atoms with Crippen molar-refractivity contribution in [1.29, 1.82) is 0 Å². The van der Waals surface area contributed by atoms with Crippen molar-refractivity contribution in [3.05, 3.63) is 0 Å². The smallest absolute Gasteiger partial charge is 1.00 e. The van der Waals surface area contributed by atoms with Gasteiger partial charge >= 0.3 is 141 Å². The fraction of sp³-hybridized carbons (Fsp3) is 0. The molecule has 0 fully saturated rings. The molecule has 0 bridgehead atoms. The van der Waals surface area contributed by atoms with Crippen LogP contribution < -0.4 is 59.1 Å². The van der Waals surface area contributed by atoms with Crippen LogP contribution in [0.3, 0.4) is 0 Å². The SMILES string of the molecule is [Br][Ir-2]([Br])([Br])([Br])([Br])[Br].[Na+].[Na+]. The van der Waals surface area contributed by atoms with Gasteiger partial charge in [0.2, 0.25) is 0 Å². The van der Waals surface area contributed by atoms with E-state index in [9.17, 15) is 0 Å². The Labute approximate surface area is 137 Å². The topological polar surface area (TPSA) is 0 Å². The fourth-order valence-corrected chi connectivity index (χ4v) is 0. The van der Waals surface area contributed by atoms with Gasteiger partial charge in [-0.15, -0.1) is 0 Å². The van der Waals surface area contributed by atoms with Gasteiger partial charge in [-0.1, -0.05) is 0 Å². The molecular formula is Br6IrNa2. The maximum absolute atomic E-state index is 3.35. The van der Waals surface area contributed by atoms with E-state index in [1.807, 2.05) is 0 Å². The fourth-order valence-electron chi connectivity index (χ4n) is 0. The molecule has 0 saturated carbocycles. The zero-order chi connectivity index (χ0) is 6.41. The average molecular weight is 718 g/mol. The van der Waals surface area contributed by atoms with E-state index >= 15 is 0 Å². The Morgan fingerprint density at radius 2 is 0.556 bits per heavy atom. The molecule has 0 aliphatic heterocycles. The van der Waals surface area contributed by atoms with Crippen molar-refractivity contribution in [2.75, 3.05) is 0 Å². The minimum absolute atomic E-state index is 0. The number of rotatable bonds is 0. The summed E-state index contributed by atoms with van der Waals surface area (Å²) in [5.41, 5.74) is 0. The summed E-state index contributed by atoms with van der Waals surface area (Å²) >= 11 is 20.1. The van der Waals surface area contributed by atoms with E-state index in [4.69, 9.17) is 0 Å². The molecule has 0 aromatic heterocycles. The molecule has 0 amide bonds. The van der Waals surface area contributed by atoms with Crippen LogP contribution in [-0.4, -0.2) is 0 Å². The zero-order valence-corrected chi connectivity index (χ0v) is 20.5. The van der Waals surface area contributed by atoms with Crippen LogP contribution in [0.1, 0.15) is 0 Å². The predicted octanol–water partition coefficient (Wildman–Crippen LogP) is -0.921. The van der Waals surface area contributed by atoms with E-state index in [0.29, 0.717) is 0 Å². The monoisotopic (exact) mass is 712 g/mol. The Hall–Kier alpha value is 5.53. The van der Waals surface area contributed by atoms with Crippen molar-refractivity contribution in [3.8, 4) is 0 Å². The van der Waals surface area contributed by atoms with Crippen LogP contribution in [-0.2, 0) is 0.881 Å². The van der Waals surface area contributed by atoms with Crippen LogP contribution in [0.25, 0.3) is 0 Å². The summed E-state index contributed by atoms with van der Waals surface area (Å²) in [6.45, 7) is 0. The van der Waals surface area contributed by atoms with Crippen LogP contribution in [0.15, 0.2) is 0 Å². The van der Waals surface area contributed by atoms with Gasteiger partial charge in [0, 0.05) is 0 Å². The van der Waals surface area contributed by atoms with Crippen molar-refractivity contribution in [2.45, 2.75) is 0 Å². The van der Waals surface area contributed by atoms with E-state index in [1.165, 1.54) is 0 Å². The number of halogens is 6. The molecule has 9 heavy (non-hydrogen) atoms. The van der Waals surface area contributed by atoms with E-state index < -0.39 is 0.881 Å². The van der Waals surface area contributed by atoms with Gasteiger partial charge in [0.25, 0.3) is 0 Å². The second kappa shape index (κ2) is 5.04. The first kappa shape index (κ1) is 20.0. The Balaban J connectivity index is -0.000000180. The van der Waals surface area contributed by atoms with Crippen molar-refractivity contribution in [1.82, 2.24) is 0 Å². The average Bonchev–Trinajstić information content (AvgIpc) is 0.592. The van der Waals surface area contributed by atoms with E-state index in [2.05, 4.69) is 81.0 Å². The van der Waals surface area contributed by atoms with E-state index in [-0.39, 0.29) is 59.1 Å². The van der Waals surface area contributed by atoms with Gasteiger partial charge in [0.1, 0.15) is 0 Å². The second-order valence-electron chi connectivity index (χ2n) is 0.714. The summed E-state index contributed by atoms with van der Waals surface area (Å²) in [7, 11) is 0. The summed E-state index contributed by atoms with van der Waals surface area (Å²) in [5, 5.41) is 0. The summed E-state index contributed by atoms with van der Waals surface area (Å²) < 4.78 is -3.29. The summed E-state index contributed by atoms with van der Waals surface area (Å²) in [6, 6.07) is 0. The molecule has 0 aliphatic rings. The first-order valence-corrected chi connectivity index (χ1v) is 32.2. The zero-order valence-electron chi connectivity index (χ0n) is 4.60.